The molecule has 0 saturated heterocycles. The number of carbonyl (C=O) groups excluding carboxylic acids is 2. The summed E-state index contributed by atoms with van der Waals surface area (Å²) in [6.45, 7) is 5.85. The van der Waals surface area contributed by atoms with E-state index in [1.807, 2.05) is 13.8 Å². The SMILES string of the molecule is CCOC(=O)C(CC1CCCC1)C(=O)OC(C)CC. The molecule has 1 fully saturated rings. The number of hydrogen-bond acceptors (Lipinski definition) is 4. The third-order valence-electron chi connectivity index (χ3n) is 3.79. The molecule has 0 aromatic heterocycles. The summed E-state index contributed by atoms with van der Waals surface area (Å²) in [7, 11) is 0. The van der Waals surface area contributed by atoms with Gasteiger partial charge in [-0.25, -0.2) is 0 Å². The van der Waals surface area contributed by atoms with E-state index in [-0.39, 0.29) is 6.10 Å². The summed E-state index contributed by atoms with van der Waals surface area (Å²) in [5.74, 6) is -1.13. The zero-order chi connectivity index (χ0) is 14.3. The first-order chi connectivity index (χ1) is 9.08. The molecule has 0 aliphatic heterocycles. The highest BCUT2D eigenvalue weighted by Gasteiger charge is 2.33. The Morgan fingerprint density at radius 3 is 2.32 bits per heavy atom. The fourth-order valence-corrected chi connectivity index (χ4v) is 2.47. The van der Waals surface area contributed by atoms with Crippen molar-refractivity contribution in [1.82, 2.24) is 0 Å². The topological polar surface area (TPSA) is 52.6 Å². The highest BCUT2D eigenvalue weighted by atomic mass is 16.6. The molecule has 1 aliphatic rings. The third kappa shape index (κ3) is 5.21. The Hall–Kier alpha value is -1.06. The minimum absolute atomic E-state index is 0.145. The van der Waals surface area contributed by atoms with Gasteiger partial charge in [0.25, 0.3) is 0 Å². The summed E-state index contributed by atoms with van der Waals surface area (Å²) in [5.41, 5.74) is 0. The Labute approximate surface area is 115 Å². The molecule has 0 radical (unpaired) electrons. The third-order valence-corrected chi connectivity index (χ3v) is 3.79. The second-order valence-electron chi connectivity index (χ2n) is 5.35. The highest BCUT2D eigenvalue weighted by molar-refractivity contribution is 5.95. The van der Waals surface area contributed by atoms with Crippen LogP contribution in [-0.4, -0.2) is 24.6 Å². The van der Waals surface area contributed by atoms with Gasteiger partial charge in [-0.05, 0) is 32.6 Å². The van der Waals surface area contributed by atoms with Crippen LogP contribution in [0.1, 0.15) is 59.3 Å². The molecule has 1 saturated carbocycles. The van der Waals surface area contributed by atoms with Crippen LogP contribution in [0.3, 0.4) is 0 Å². The number of esters is 2. The summed E-state index contributed by atoms with van der Waals surface area (Å²) in [5, 5.41) is 0. The minimum Gasteiger partial charge on any atom is -0.465 e. The Bertz CT molecular complexity index is 295. The zero-order valence-electron chi connectivity index (χ0n) is 12.3. The maximum Gasteiger partial charge on any atom is 0.320 e. The van der Waals surface area contributed by atoms with Crippen molar-refractivity contribution in [2.75, 3.05) is 6.61 Å². The summed E-state index contributed by atoms with van der Waals surface area (Å²) in [6.07, 6.45) is 5.78. The van der Waals surface area contributed by atoms with Crippen LogP contribution in [0.5, 0.6) is 0 Å². The first kappa shape index (κ1) is 16.0. The van der Waals surface area contributed by atoms with Gasteiger partial charge < -0.3 is 9.47 Å². The van der Waals surface area contributed by atoms with Gasteiger partial charge in [-0.15, -0.1) is 0 Å². The second kappa shape index (κ2) is 8.18. The normalized spacial score (nSPS) is 18.9. The van der Waals surface area contributed by atoms with Gasteiger partial charge in [-0.1, -0.05) is 32.6 Å². The van der Waals surface area contributed by atoms with Crippen LogP contribution in [0.4, 0.5) is 0 Å². The Morgan fingerprint density at radius 2 is 1.79 bits per heavy atom. The van der Waals surface area contributed by atoms with Crippen molar-refractivity contribution >= 4 is 11.9 Å². The van der Waals surface area contributed by atoms with Crippen LogP contribution in [0, 0.1) is 11.8 Å². The molecule has 110 valence electrons. The molecule has 0 aromatic carbocycles. The van der Waals surface area contributed by atoms with E-state index in [1.165, 1.54) is 12.8 Å². The second-order valence-corrected chi connectivity index (χ2v) is 5.35. The zero-order valence-corrected chi connectivity index (χ0v) is 12.3. The van der Waals surface area contributed by atoms with Crippen LogP contribution in [0.25, 0.3) is 0 Å². The van der Waals surface area contributed by atoms with E-state index in [1.54, 1.807) is 6.92 Å². The number of hydrogen-bond donors (Lipinski definition) is 0. The highest BCUT2D eigenvalue weighted by Crippen LogP contribution is 2.31. The van der Waals surface area contributed by atoms with Crippen molar-refractivity contribution in [3.05, 3.63) is 0 Å². The monoisotopic (exact) mass is 270 g/mol. The first-order valence-electron chi connectivity index (χ1n) is 7.45. The maximum atomic E-state index is 12.1. The van der Waals surface area contributed by atoms with E-state index in [2.05, 4.69) is 0 Å². The van der Waals surface area contributed by atoms with Gasteiger partial charge in [0.1, 0.15) is 0 Å². The standard InChI is InChI=1S/C15H26O4/c1-4-11(3)19-15(17)13(14(16)18-5-2)10-12-8-6-7-9-12/h11-13H,4-10H2,1-3H3. The van der Waals surface area contributed by atoms with Gasteiger partial charge in [0, 0.05) is 0 Å². The molecule has 2 unspecified atom stereocenters. The Morgan fingerprint density at radius 1 is 1.16 bits per heavy atom. The average Bonchev–Trinajstić information content (AvgIpc) is 2.88. The lowest BCUT2D eigenvalue weighted by molar-refractivity contribution is -0.165. The predicted molar refractivity (Wildman–Crippen MR) is 72.5 cm³/mol. The summed E-state index contributed by atoms with van der Waals surface area (Å²) >= 11 is 0. The smallest absolute Gasteiger partial charge is 0.320 e. The molecule has 0 heterocycles. The molecule has 0 aromatic rings. The summed E-state index contributed by atoms with van der Waals surface area (Å²) in [6, 6.07) is 0. The van der Waals surface area contributed by atoms with Crippen LogP contribution in [0.2, 0.25) is 0 Å². The lowest BCUT2D eigenvalue weighted by atomic mass is 9.93. The van der Waals surface area contributed by atoms with Crippen molar-refractivity contribution < 1.29 is 19.1 Å². The Balaban J connectivity index is 2.61. The Kier molecular flexibility index (Phi) is 6.89. The molecule has 4 nitrogen and oxygen atoms in total. The van der Waals surface area contributed by atoms with Crippen LogP contribution in [0.15, 0.2) is 0 Å². The predicted octanol–water partition coefficient (Wildman–Crippen LogP) is 3.09. The number of carbonyl (C=O) groups is 2. The van der Waals surface area contributed by atoms with Crippen LogP contribution in [-0.2, 0) is 19.1 Å². The molecule has 0 N–H and O–H groups in total. The van der Waals surface area contributed by atoms with Gasteiger partial charge in [-0.3, -0.25) is 9.59 Å². The summed E-state index contributed by atoms with van der Waals surface area (Å²) < 4.78 is 10.3. The van der Waals surface area contributed by atoms with E-state index in [4.69, 9.17) is 9.47 Å². The summed E-state index contributed by atoms with van der Waals surface area (Å²) in [4.78, 5) is 24.0. The quantitative estimate of drug-likeness (QED) is 0.527. The van der Waals surface area contributed by atoms with Crippen molar-refractivity contribution in [3.8, 4) is 0 Å². The molecule has 0 bridgehead atoms. The number of rotatable bonds is 7. The van der Waals surface area contributed by atoms with Gasteiger partial charge in [-0.2, -0.15) is 0 Å². The van der Waals surface area contributed by atoms with E-state index in [9.17, 15) is 9.59 Å². The van der Waals surface area contributed by atoms with Crippen molar-refractivity contribution in [1.29, 1.82) is 0 Å². The minimum atomic E-state index is -0.739. The van der Waals surface area contributed by atoms with E-state index in [0.29, 0.717) is 18.9 Å². The lowest BCUT2D eigenvalue weighted by Crippen LogP contribution is -2.31. The molecular formula is C15H26O4. The van der Waals surface area contributed by atoms with Gasteiger partial charge in [0.15, 0.2) is 5.92 Å². The van der Waals surface area contributed by atoms with Crippen molar-refractivity contribution in [2.24, 2.45) is 11.8 Å². The molecule has 0 spiro atoms. The fraction of sp³-hybridized carbons (Fsp3) is 0.867. The maximum absolute atomic E-state index is 12.1. The molecule has 1 rings (SSSR count). The lowest BCUT2D eigenvalue weighted by Gasteiger charge is -2.20. The molecule has 2 atom stereocenters. The first-order valence-corrected chi connectivity index (χ1v) is 7.45. The number of ether oxygens (including phenoxy) is 2. The van der Waals surface area contributed by atoms with Crippen molar-refractivity contribution in [3.63, 3.8) is 0 Å². The van der Waals surface area contributed by atoms with E-state index >= 15 is 0 Å². The van der Waals surface area contributed by atoms with Crippen molar-refractivity contribution in [2.45, 2.75) is 65.4 Å². The molecule has 0 amide bonds. The van der Waals surface area contributed by atoms with Crippen LogP contribution >= 0.6 is 0 Å². The molecule has 4 heteroatoms. The average molecular weight is 270 g/mol. The van der Waals surface area contributed by atoms with E-state index in [0.717, 1.165) is 19.3 Å². The van der Waals surface area contributed by atoms with Gasteiger partial charge >= 0.3 is 11.9 Å². The van der Waals surface area contributed by atoms with Gasteiger partial charge in [0.2, 0.25) is 0 Å². The molecule has 19 heavy (non-hydrogen) atoms. The molecule has 1 aliphatic carbocycles. The molecular weight excluding hydrogens is 244 g/mol. The largest absolute Gasteiger partial charge is 0.465 e. The van der Waals surface area contributed by atoms with Crippen LogP contribution < -0.4 is 0 Å². The van der Waals surface area contributed by atoms with Gasteiger partial charge in [0.05, 0.1) is 12.7 Å². The fourth-order valence-electron chi connectivity index (χ4n) is 2.47. The van der Waals surface area contributed by atoms with E-state index < -0.39 is 17.9 Å².